The second-order valence-corrected chi connectivity index (χ2v) is 7.29. The first-order valence-corrected chi connectivity index (χ1v) is 9.16. The molecule has 0 atom stereocenters. The van der Waals surface area contributed by atoms with Crippen LogP contribution >= 0.6 is 28.3 Å². The second-order valence-electron chi connectivity index (χ2n) is 5.61. The molecular weight excluding hydrogens is 465 g/mol. The van der Waals surface area contributed by atoms with Gasteiger partial charge in [-0.25, -0.2) is 0 Å². The smallest absolute Gasteiger partial charge is 0.0629 e. The van der Waals surface area contributed by atoms with Crippen LogP contribution in [0.5, 0.6) is 0 Å². The molecule has 3 N–H and O–H groups in total. The molecule has 27 heavy (non-hydrogen) atoms. The molecule has 0 saturated heterocycles. The molecule has 2 heterocycles. The average Bonchev–Trinajstić information content (AvgIpc) is 2.61. The van der Waals surface area contributed by atoms with Crippen molar-refractivity contribution in [1.82, 2.24) is 16.1 Å². The van der Waals surface area contributed by atoms with Gasteiger partial charge < -0.3 is 6.15 Å². The van der Waals surface area contributed by atoms with Crippen LogP contribution in [0.4, 0.5) is 0 Å². The van der Waals surface area contributed by atoms with Crippen LogP contribution in [0.25, 0.3) is 21.8 Å². The number of hydrogen-bond donors (Lipinski definition) is 1. The monoisotopic (exact) mass is 484 g/mol. The van der Waals surface area contributed by atoms with Crippen molar-refractivity contribution >= 4 is 54.6 Å². The van der Waals surface area contributed by atoms with Crippen molar-refractivity contribution in [2.45, 2.75) is 13.8 Å². The third-order valence-electron chi connectivity index (χ3n) is 3.68. The first-order chi connectivity index (χ1) is 12.0. The number of halogens is 2. The molecule has 0 bridgehead atoms. The van der Waals surface area contributed by atoms with E-state index in [0.717, 1.165) is 36.4 Å². The molecular formula is C21H20BrClFeN3. The zero-order valence-electron chi connectivity index (χ0n) is 15.0. The number of benzene rings is 2. The van der Waals surface area contributed by atoms with Crippen LogP contribution in [0.2, 0.25) is 0 Å². The molecule has 0 radical (unpaired) electrons. The second kappa shape index (κ2) is 10.6. The molecule has 6 heteroatoms. The van der Waals surface area contributed by atoms with Gasteiger partial charge in [0.15, 0.2) is 0 Å². The van der Waals surface area contributed by atoms with E-state index in [2.05, 4.69) is 71.8 Å². The van der Waals surface area contributed by atoms with E-state index < -0.39 is 0 Å². The van der Waals surface area contributed by atoms with Gasteiger partial charge in [0.25, 0.3) is 0 Å². The molecule has 141 valence electrons. The molecule has 0 aliphatic carbocycles. The fraction of sp³-hybridized carbons (Fsp3) is 0.0952. The number of aryl methyl sites for hydroxylation is 1. The number of pyridine rings is 2. The number of hydrogen-bond acceptors (Lipinski definition) is 3. The molecule has 0 aliphatic heterocycles. The predicted octanol–water partition coefficient (Wildman–Crippen LogP) is 6.01. The van der Waals surface area contributed by atoms with E-state index in [1.165, 1.54) is 5.56 Å². The van der Waals surface area contributed by atoms with Crippen molar-refractivity contribution in [3.63, 3.8) is 0 Å². The minimum absolute atomic E-state index is 0. The van der Waals surface area contributed by atoms with Crippen molar-refractivity contribution < 1.29 is 15.6 Å². The van der Waals surface area contributed by atoms with Crippen LogP contribution in [0.3, 0.4) is 0 Å². The Morgan fingerprint density at radius 1 is 0.963 bits per heavy atom. The Morgan fingerprint density at radius 3 is 2.22 bits per heavy atom. The zero-order valence-corrected chi connectivity index (χ0v) is 18.5. The largest absolute Gasteiger partial charge is 0.344 e. The van der Waals surface area contributed by atoms with Gasteiger partial charge in [-0.15, -0.1) is 12.4 Å². The van der Waals surface area contributed by atoms with Crippen LogP contribution in [0.15, 0.2) is 65.3 Å². The molecule has 2 aromatic heterocycles. The van der Waals surface area contributed by atoms with Gasteiger partial charge in [-0.3, -0.25) is 0 Å². The minimum atomic E-state index is 0. The quantitative estimate of drug-likeness (QED) is 0.204. The summed E-state index contributed by atoms with van der Waals surface area (Å²) in [5.74, 6) is 0. The van der Waals surface area contributed by atoms with Gasteiger partial charge in [-0.1, -0.05) is 27.3 Å². The minimum Gasteiger partial charge on any atom is -0.344 e. The Hall–Kier alpha value is -1.62. The van der Waals surface area contributed by atoms with E-state index in [4.69, 9.17) is 0 Å². The maximum Gasteiger partial charge on any atom is -0.0629 e. The third kappa shape index (κ3) is 5.93. The fourth-order valence-corrected chi connectivity index (χ4v) is 3.08. The summed E-state index contributed by atoms with van der Waals surface area (Å²) in [6.07, 6.45) is 1.80. The summed E-state index contributed by atoms with van der Waals surface area (Å²) in [6.45, 7) is 3.98. The van der Waals surface area contributed by atoms with Crippen LogP contribution in [0, 0.1) is 13.0 Å². The summed E-state index contributed by atoms with van der Waals surface area (Å²) in [7, 11) is 0. The number of aromatic nitrogens is 2. The number of fused-ring (bicyclic) bond motifs is 3. The fourth-order valence-electron chi connectivity index (χ4n) is 2.46. The molecule has 0 aliphatic rings. The van der Waals surface area contributed by atoms with Gasteiger partial charge in [-0.05, 0) is 0 Å². The van der Waals surface area contributed by atoms with E-state index in [1.807, 2.05) is 44.2 Å². The SMILES string of the molecule is C[C](=[Fe+])c1ccc2ccc3cccnc3c2n1.Cc1[c-]c(Br)ccc1.Cl.N. The van der Waals surface area contributed by atoms with Gasteiger partial charge in [0.1, 0.15) is 0 Å². The first kappa shape index (κ1) is 23.4. The molecule has 0 amide bonds. The number of nitrogens with zero attached hydrogens (tertiary/aromatic N) is 2. The van der Waals surface area contributed by atoms with Gasteiger partial charge in [0.05, 0.1) is 0 Å². The summed E-state index contributed by atoms with van der Waals surface area (Å²) in [5.41, 5.74) is 3.99. The molecule has 0 fully saturated rings. The molecule has 0 saturated carbocycles. The topological polar surface area (TPSA) is 60.8 Å². The molecule has 0 unspecified atom stereocenters. The molecule has 2 aromatic carbocycles. The summed E-state index contributed by atoms with van der Waals surface area (Å²) >= 11 is 7.24. The van der Waals surface area contributed by atoms with E-state index in [0.29, 0.717) is 0 Å². The van der Waals surface area contributed by atoms with Gasteiger partial charge in [-0.2, -0.15) is 29.8 Å². The van der Waals surface area contributed by atoms with Crippen LogP contribution in [-0.2, 0) is 15.6 Å². The predicted molar refractivity (Wildman–Crippen MR) is 117 cm³/mol. The maximum atomic E-state index is 4.64. The van der Waals surface area contributed by atoms with Gasteiger partial charge in [0.2, 0.25) is 0 Å². The van der Waals surface area contributed by atoms with Crippen molar-refractivity contribution in [2.24, 2.45) is 0 Å². The zero-order chi connectivity index (χ0) is 17.8. The van der Waals surface area contributed by atoms with E-state index in [9.17, 15) is 0 Å². The standard InChI is InChI=1S/C14H10N2.C7H6Br.ClH.Fe.H3N/c1-2-12-8-7-11-6-5-10-4-3-9-15-13(10)14(11)16-12;1-6-3-2-4-7(8)5-6;;;/h3-9H,1H3;2-4H,1H3;1H;;1H3/q;-1;;+1;. The van der Waals surface area contributed by atoms with Gasteiger partial charge >= 0.3 is 107 Å². The van der Waals surface area contributed by atoms with Crippen molar-refractivity contribution in [2.75, 3.05) is 0 Å². The van der Waals surface area contributed by atoms with Gasteiger partial charge in [0, 0.05) is 0 Å². The maximum absolute atomic E-state index is 4.64. The molecule has 0 spiro atoms. The Labute approximate surface area is 182 Å². The first-order valence-electron chi connectivity index (χ1n) is 7.82. The van der Waals surface area contributed by atoms with Crippen molar-refractivity contribution in [3.05, 3.63) is 82.6 Å². The van der Waals surface area contributed by atoms with Crippen LogP contribution in [-0.4, -0.2) is 14.4 Å². The summed E-state index contributed by atoms with van der Waals surface area (Å²) in [4.78, 5) is 9.06. The third-order valence-corrected chi connectivity index (χ3v) is 4.43. The molecule has 4 aromatic rings. The van der Waals surface area contributed by atoms with Crippen LogP contribution in [0.1, 0.15) is 18.2 Å². The normalized spacial score (nSPS) is 9.59. The van der Waals surface area contributed by atoms with Crippen LogP contribution < -0.4 is 6.15 Å². The Kier molecular flexibility index (Phi) is 9.23. The van der Waals surface area contributed by atoms with E-state index in [-0.39, 0.29) is 18.6 Å². The Balaban J connectivity index is 0.000000313. The van der Waals surface area contributed by atoms with Crippen molar-refractivity contribution in [3.8, 4) is 0 Å². The Bertz CT molecular complexity index is 1050. The Morgan fingerprint density at radius 2 is 1.63 bits per heavy atom. The van der Waals surface area contributed by atoms with E-state index in [1.54, 1.807) is 6.20 Å². The molecule has 3 nitrogen and oxygen atoms in total. The number of rotatable bonds is 1. The molecule has 4 rings (SSSR count). The summed E-state index contributed by atoms with van der Waals surface area (Å²) < 4.78 is 2.00. The summed E-state index contributed by atoms with van der Waals surface area (Å²) in [5, 5.41) is 2.23. The summed E-state index contributed by atoms with van der Waals surface area (Å²) in [6, 6.07) is 21.3. The average molecular weight is 486 g/mol. The van der Waals surface area contributed by atoms with Crippen molar-refractivity contribution in [1.29, 1.82) is 0 Å². The van der Waals surface area contributed by atoms with E-state index >= 15 is 0 Å².